The molecular formula is C34H56N2. The highest BCUT2D eigenvalue weighted by atomic mass is 14.9. The molecule has 1 aromatic carbocycles. The van der Waals surface area contributed by atoms with E-state index in [9.17, 15) is 0 Å². The van der Waals surface area contributed by atoms with Gasteiger partial charge in [-0.3, -0.25) is 0 Å². The lowest BCUT2D eigenvalue weighted by Crippen LogP contribution is -1.94. The molecule has 2 nitrogen and oxygen atoms in total. The van der Waals surface area contributed by atoms with Crippen LogP contribution in [-0.4, -0.2) is 9.97 Å². The molecule has 2 heteroatoms. The molecule has 0 amide bonds. The van der Waals surface area contributed by atoms with Gasteiger partial charge in [-0.1, -0.05) is 148 Å². The van der Waals surface area contributed by atoms with Crippen LogP contribution < -0.4 is 0 Å². The van der Waals surface area contributed by atoms with Crippen molar-refractivity contribution in [1.82, 2.24) is 9.97 Å². The molecule has 0 radical (unpaired) electrons. The molecule has 1 unspecified atom stereocenters. The van der Waals surface area contributed by atoms with E-state index in [0.29, 0.717) is 0 Å². The van der Waals surface area contributed by atoms with Gasteiger partial charge < -0.3 is 0 Å². The summed E-state index contributed by atoms with van der Waals surface area (Å²) in [5, 5.41) is 0. The Labute approximate surface area is 224 Å². The van der Waals surface area contributed by atoms with Crippen LogP contribution >= 0.6 is 0 Å². The van der Waals surface area contributed by atoms with Crippen LogP contribution in [0.2, 0.25) is 0 Å². The smallest absolute Gasteiger partial charge is 0.159 e. The minimum Gasteiger partial charge on any atom is -0.236 e. The van der Waals surface area contributed by atoms with Gasteiger partial charge in [0.15, 0.2) is 5.82 Å². The van der Waals surface area contributed by atoms with Crippen LogP contribution in [0.3, 0.4) is 0 Å². The number of hydrogen-bond donors (Lipinski definition) is 0. The summed E-state index contributed by atoms with van der Waals surface area (Å²) in [6.07, 6.45) is 31.2. The van der Waals surface area contributed by atoms with Gasteiger partial charge in [-0.05, 0) is 42.7 Å². The number of rotatable bonds is 22. The molecule has 2 rings (SSSR count). The van der Waals surface area contributed by atoms with Crippen molar-refractivity contribution in [3.8, 4) is 11.4 Å². The summed E-state index contributed by atoms with van der Waals surface area (Å²) in [4.78, 5) is 9.32. The molecule has 0 saturated heterocycles. The lowest BCUT2D eigenvalue weighted by atomic mass is 9.99. The molecular weight excluding hydrogens is 436 g/mol. The minimum atomic E-state index is 0.853. The molecule has 1 aromatic heterocycles. The fraction of sp³-hybridized carbons (Fsp3) is 0.706. The zero-order chi connectivity index (χ0) is 25.7. The Morgan fingerprint density at radius 3 is 1.56 bits per heavy atom. The fourth-order valence-corrected chi connectivity index (χ4v) is 5.00. The first-order chi connectivity index (χ1) is 17.7. The summed E-state index contributed by atoms with van der Waals surface area (Å²) < 4.78 is 0. The van der Waals surface area contributed by atoms with Crippen molar-refractivity contribution in [1.29, 1.82) is 0 Å². The monoisotopic (exact) mass is 492 g/mol. The number of nitrogens with zero attached hydrogens (tertiary/aromatic N) is 2. The number of unbranched alkanes of at least 4 members (excludes halogenated alkanes) is 14. The molecule has 2 aromatic rings. The second-order valence-corrected chi connectivity index (χ2v) is 11.2. The molecule has 0 N–H and O–H groups in total. The van der Waals surface area contributed by atoms with E-state index >= 15 is 0 Å². The quantitative estimate of drug-likeness (QED) is 0.153. The van der Waals surface area contributed by atoms with Gasteiger partial charge in [0.25, 0.3) is 0 Å². The highest BCUT2D eigenvalue weighted by Crippen LogP contribution is 2.19. The maximum atomic E-state index is 4.66. The van der Waals surface area contributed by atoms with E-state index in [4.69, 9.17) is 0 Å². The van der Waals surface area contributed by atoms with Crippen LogP contribution in [0.1, 0.15) is 147 Å². The van der Waals surface area contributed by atoms with E-state index in [1.165, 1.54) is 133 Å². The maximum absolute atomic E-state index is 4.66. The van der Waals surface area contributed by atoms with E-state index < -0.39 is 0 Å². The molecule has 0 bridgehead atoms. The number of hydrogen-bond acceptors (Lipinski definition) is 2. The first kappa shape index (κ1) is 30.5. The Bertz CT molecular complexity index is 750. The molecule has 0 aliphatic heterocycles. The van der Waals surface area contributed by atoms with Crippen LogP contribution in [0.5, 0.6) is 0 Å². The normalized spacial score (nSPS) is 12.2. The van der Waals surface area contributed by atoms with Gasteiger partial charge >= 0.3 is 0 Å². The van der Waals surface area contributed by atoms with E-state index in [1.54, 1.807) is 0 Å². The first-order valence-corrected chi connectivity index (χ1v) is 15.6. The third-order valence-electron chi connectivity index (χ3n) is 7.85. The second kappa shape index (κ2) is 20.4. The topological polar surface area (TPSA) is 25.8 Å². The summed E-state index contributed by atoms with van der Waals surface area (Å²) in [5.41, 5.74) is 3.84. The molecule has 0 spiro atoms. The molecule has 1 atom stereocenters. The number of benzene rings is 1. The van der Waals surface area contributed by atoms with Gasteiger partial charge in [-0.15, -0.1) is 0 Å². The molecule has 0 aliphatic rings. The van der Waals surface area contributed by atoms with Crippen molar-refractivity contribution in [3.63, 3.8) is 0 Å². The summed E-state index contributed by atoms with van der Waals surface area (Å²) >= 11 is 0. The lowest BCUT2D eigenvalue weighted by molar-refractivity contribution is 0.471. The third kappa shape index (κ3) is 14.1. The van der Waals surface area contributed by atoms with E-state index in [-0.39, 0.29) is 0 Å². The Kier molecular flexibility index (Phi) is 17.3. The minimum absolute atomic E-state index is 0.853. The SMILES string of the molecule is CCCCCCCCCCCCc1cnc(-c2ccc(CCCCCCCCC(C)CC)cc2)nc1. The Morgan fingerprint density at radius 1 is 0.556 bits per heavy atom. The maximum Gasteiger partial charge on any atom is 0.159 e. The van der Waals surface area contributed by atoms with Crippen molar-refractivity contribution >= 4 is 0 Å². The van der Waals surface area contributed by atoms with Gasteiger partial charge in [0.05, 0.1) is 0 Å². The average molecular weight is 493 g/mol. The van der Waals surface area contributed by atoms with Crippen molar-refractivity contribution in [2.45, 2.75) is 149 Å². The summed E-state index contributed by atoms with van der Waals surface area (Å²) in [7, 11) is 0. The molecule has 0 fully saturated rings. The van der Waals surface area contributed by atoms with Crippen molar-refractivity contribution in [3.05, 3.63) is 47.8 Å². The van der Waals surface area contributed by atoms with Gasteiger partial charge in [-0.2, -0.15) is 0 Å². The van der Waals surface area contributed by atoms with Crippen molar-refractivity contribution in [2.24, 2.45) is 5.92 Å². The fourth-order valence-electron chi connectivity index (χ4n) is 5.00. The second-order valence-electron chi connectivity index (χ2n) is 11.2. The van der Waals surface area contributed by atoms with E-state index in [1.807, 2.05) is 12.4 Å². The molecule has 1 heterocycles. The lowest BCUT2D eigenvalue weighted by Gasteiger charge is -2.07. The van der Waals surface area contributed by atoms with E-state index in [2.05, 4.69) is 55.0 Å². The summed E-state index contributed by atoms with van der Waals surface area (Å²) in [6, 6.07) is 8.92. The van der Waals surface area contributed by atoms with Crippen LogP contribution in [0.4, 0.5) is 0 Å². The Hall–Kier alpha value is -1.70. The number of aryl methyl sites for hydroxylation is 2. The zero-order valence-electron chi connectivity index (χ0n) is 24.1. The van der Waals surface area contributed by atoms with Crippen LogP contribution in [-0.2, 0) is 12.8 Å². The molecule has 0 aliphatic carbocycles. The van der Waals surface area contributed by atoms with Crippen molar-refractivity contribution < 1.29 is 0 Å². The number of aromatic nitrogens is 2. The Balaban J connectivity index is 1.55. The molecule has 202 valence electrons. The Morgan fingerprint density at radius 2 is 1.03 bits per heavy atom. The average Bonchev–Trinajstić information content (AvgIpc) is 2.91. The standard InChI is InChI=1S/C34H56N2/c1-4-6-7-8-9-10-11-12-17-20-23-32-28-35-34(36-29-32)33-26-24-31(25-27-33)22-19-16-14-13-15-18-21-30(3)5-2/h24-30H,4-23H2,1-3H3. The highest BCUT2D eigenvalue weighted by Gasteiger charge is 2.03. The molecule has 36 heavy (non-hydrogen) atoms. The molecule has 0 saturated carbocycles. The zero-order valence-corrected chi connectivity index (χ0v) is 24.1. The van der Waals surface area contributed by atoms with Gasteiger partial charge in [0.1, 0.15) is 0 Å². The van der Waals surface area contributed by atoms with Gasteiger partial charge in [0, 0.05) is 18.0 Å². The predicted octanol–water partition coefficient (Wildman–Crippen LogP) is 10.9. The highest BCUT2D eigenvalue weighted by molar-refractivity contribution is 5.55. The summed E-state index contributed by atoms with van der Waals surface area (Å²) in [6.45, 7) is 6.97. The van der Waals surface area contributed by atoms with Crippen LogP contribution in [0, 0.1) is 5.92 Å². The predicted molar refractivity (Wildman–Crippen MR) is 158 cm³/mol. The van der Waals surface area contributed by atoms with Crippen LogP contribution in [0.15, 0.2) is 36.7 Å². The summed E-state index contributed by atoms with van der Waals surface area (Å²) in [5.74, 6) is 1.76. The van der Waals surface area contributed by atoms with Gasteiger partial charge in [-0.25, -0.2) is 9.97 Å². The third-order valence-corrected chi connectivity index (χ3v) is 7.85. The first-order valence-electron chi connectivity index (χ1n) is 15.6. The largest absolute Gasteiger partial charge is 0.236 e. The van der Waals surface area contributed by atoms with Crippen molar-refractivity contribution in [2.75, 3.05) is 0 Å². The van der Waals surface area contributed by atoms with Gasteiger partial charge in [0.2, 0.25) is 0 Å². The van der Waals surface area contributed by atoms with E-state index in [0.717, 1.165) is 23.7 Å². The van der Waals surface area contributed by atoms with Crippen LogP contribution in [0.25, 0.3) is 11.4 Å².